The summed E-state index contributed by atoms with van der Waals surface area (Å²) >= 11 is 0. The zero-order chi connectivity index (χ0) is 20.0. The first kappa shape index (κ1) is 20.2. The van der Waals surface area contributed by atoms with Crippen molar-refractivity contribution in [2.75, 3.05) is 25.0 Å². The first-order valence-corrected chi connectivity index (χ1v) is 9.31. The molecule has 0 bridgehead atoms. The molecule has 2 aromatic carbocycles. The van der Waals surface area contributed by atoms with Crippen molar-refractivity contribution in [3.63, 3.8) is 0 Å². The lowest BCUT2D eigenvalue weighted by Crippen LogP contribution is -2.29. The van der Waals surface area contributed by atoms with Gasteiger partial charge in [0.1, 0.15) is 5.75 Å². The van der Waals surface area contributed by atoms with Crippen LogP contribution in [0.4, 0.5) is 18.9 Å². The van der Waals surface area contributed by atoms with Crippen molar-refractivity contribution in [1.29, 1.82) is 0 Å². The maximum Gasteiger partial charge on any atom is 0.416 e. The maximum absolute atomic E-state index is 12.7. The Balaban J connectivity index is 1.53. The molecule has 0 aliphatic carbocycles. The number of halogens is 3. The van der Waals surface area contributed by atoms with Gasteiger partial charge in [-0.1, -0.05) is 24.6 Å². The third-order valence-corrected chi connectivity index (χ3v) is 4.60. The van der Waals surface area contributed by atoms with Crippen molar-refractivity contribution in [3.8, 4) is 5.75 Å². The maximum atomic E-state index is 12.7. The Morgan fingerprint density at radius 2 is 1.79 bits per heavy atom. The summed E-state index contributed by atoms with van der Waals surface area (Å²) in [7, 11) is 0. The predicted octanol–water partition coefficient (Wildman–Crippen LogP) is 4.71. The first-order valence-electron chi connectivity index (χ1n) is 9.31. The monoisotopic (exact) mass is 392 g/mol. The Morgan fingerprint density at radius 3 is 2.54 bits per heavy atom. The number of likely N-dealkylation sites (tertiary alicyclic amines) is 1. The van der Waals surface area contributed by atoms with Crippen molar-refractivity contribution in [3.05, 3.63) is 59.7 Å². The van der Waals surface area contributed by atoms with Crippen molar-refractivity contribution < 1.29 is 22.7 Å². The number of hydrogen-bond acceptors (Lipinski definition) is 3. The van der Waals surface area contributed by atoms with Gasteiger partial charge in [0.25, 0.3) is 5.91 Å². The standard InChI is InChI=1S/C21H23F3N2O2/c22-21(23,24)17-7-5-9-19(13-17)28-15-20(27)25-18-8-4-6-16(12-18)14-26-10-2-1-3-11-26/h4-9,12-13H,1-3,10-11,14-15H2,(H,25,27). The van der Waals surface area contributed by atoms with Crippen LogP contribution in [-0.2, 0) is 17.5 Å². The Labute approximate surface area is 162 Å². The van der Waals surface area contributed by atoms with Crippen LogP contribution in [0.1, 0.15) is 30.4 Å². The summed E-state index contributed by atoms with van der Waals surface area (Å²) in [5.74, 6) is -0.420. The molecule has 0 radical (unpaired) electrons. The highest BCUT2D eigenvalue weighted by atomic mass is 19.4. The number of rotatable bonds is 6. The van der Waals surface area contributed by atoms with Crippen LogP contribution >= 0.6 is 0 Å². The zero-order valence-corrected chi connectivity index (χ0v) is 15.5. The minimum Gasteiger partial charge on any atom is -0.484 e. The van der Waals surface area contributed by atoms with Crippen molar-refractivity contribution in [2.24, 2.45) is 0 Å². The summed E-state index contributed by atoms with van der Waals surface area (Å²) in [6.45, 7) is 2.64. The second-order valence-corrected chi connectivity index (χ2v) is 6.90. The molecule has 28 heavy (non-hydrogen) atoms. The summed E-state index contributed by atoms with van der Waals surface area (Å²) in [4.78, 5) is 14.5. The third-order valence-electron chi connectivity index (χ3n) is 4.60. The predicted molar refractivity (Wildman–Crippen MR) is 101 cm³/mol. The number of piperidine rings is 1. The number of amides is 1. The van der Waals surface area contributed by atoms with Gasteiger partial charge in [0, 0.05) is 12.2 Å². The van der Waals surface area contributed by atoms with E-state index in [1.165, 1.54) is 31.4 Å². The number of carbonyl (C=O) groups excluding carboxylic acids is 1. The number of ether oxygens (including phenoxy) is 1. The third kappa shape index (κ3) is 5.99. The summed E-state index contributed by atoms with van der Waals surface area (Å²) in [6.07, 6.45) is -0.749. The molecule has 0 spiro atoms. The molecule has 0 saturated carbocycles. The van der Waals surface area contributed by atoms with E-state index in [-0.39, 0.29) is 12.4 Å². The SMILES string of the molecule is O=C(COc1cccc(C(F)(F)F)c1)Nc1cccc(CN2CCCCC2)c1. The second-order valence-electron chi connectivity index (χ2n) is 6.90. The molecule has 7 heteroatoms. The average Bonchev–Trinajstić information content (AvgIpc) is 2.67. The molecule has 1 fully saturated rings. The fourth-order valence-corrected chi connectivity index (χ4v) is 3.23. The van der Waals surface area contributed by atoms with Gasteiger partial charge in [0.15, 0.2) is 6.61 Å². The fourth-order valence-electron chi connectivity index (χ4n) is 3.23. The highest BCUT2D eigenvalue weighted by molar-refractivity contribution is 5.91. The lowest BCUT2D eigenvalue weighted by atomic mass is 10.1. The Hall–Kier alpha value is -2.54. The van der Waals surface area contributed by atoms with E-state index in [1.54, 1.807) is 6.07 Å². The van der Waals surface area contributed by atoms with Gasteiger partial charge < -0.3 is 10.1 Å². The van der Waals surface area contributed by atoms with Crippen LogP contribution in [-0.4, -0.2) is 30.5 Å². The van der Waals surface area contributed by atoms with Crippen LogP contribution in [0.15, 0.2) is 48.5 Å². The minimum atomic E-state index is -4.45. The van der Waals surface area contributed by atoms with E-state index in [9.17, 15) is 18.0 Å². The average molecular weight is 392 g/mol. The normalized spacial score (nSPS) is 15.2. The molecule has 1 amide bonds. The molecule has 4 nitrogen and oxygen atoms in total. The number of benzene rings is 2. The number of hydrogen-bond donors (Lipinski definition) is 1. The fraction of sp³-hybridized carbons (Fsp3) is 0.381. The van der Waals surface area contributed by atoms with Gasteiger partial charge in [-0.05, 0) is 61.8 Å². The topological polar surface area (TPSA) is 41.6 Å². The van der Waals surface area contributed by atoms with Gasteiger partial charge in [-0.25, -0.2) is 0 Å². The Bertz CT molecular complexity index is 802. The molecule has 1 aliphatic heterocycles. The molecule has 150 valence electrons. The van der Waals surface area contributed by atoms with Gasteiger partial charge >= 0.3 is 6.18 Å². The van der Waals surface area contributed by atoms with Crippen LogP contribution in [0.3, 0.4) is 0 Å². The molecule has 0 aromatic heterocycles. The van der Waals surface area contributed by atoms with E-state index >= 15 is 0 Å². The molecule has 1 N–H and O–H groups in total. The molecule has 0 atom stereocenters. The summed E-state index contributed by atoms with van der Waals surface area (Å²) in [6, 6.07) is 12.1. The molecule has 3 rings (SSSR count). The quantitative estimate of drug-likeness (QED) is 0.774. The van der Waals surface area contributed by atoms with E-state index in [0.29, 0.717) is 5.69 Å². The van der Waals surface area contributed by atoms with Crippen LogP contribution in [0, 0.1) is 0 Å². The van der Waals surface area contributed by atoms with Gasteiger partial charge in [0.05, 0.1) is 5.56 Å². The number of alkyl halides is 3. The van der Waals surface area contributed by atoms with E-state index in [4.69, 9.17) is 4.74 Å². The number of nitrogens with one attached hydrogen (secondary N) is 1. The summed E-state index contributed by atoms with van der Waals surface area (Å²) < 4.78 is 43.4. The van der Waals surface area contributed by atoms with Crippen LogP contribution in [0.25, 0.3) is 0 Å². The van der Waals surface area contributed by atoms with Crippen molar-refractivity contribution in [2.45, 2.75) is 32.0 Å². The lowest BCUT2D eigenvalue weighted by molar-refractivity contribution is -0.137. The molecular weight excluding hydrogens is 369 g/mol. The zero-order valence-electron chi connectivity index (χ0n) is 15.5. The Kier molecular flexibility index (Phi) is 6.57. The Morgan fingerprint density at radius 1 is 1.04 bits per heavy atom. The van der Waals surface area contributed by atoms with Gasteiger partial charge in [0.2, 0.25) is 0 Å². The van der Waals surface area contributed by atoms with Crippen LogP contribution in [0.2, 0.25) is 0 Å². The second kappa shape index (κ2) is 9.10. The van der Waals surface area contributed by atoms with E-state index in [0.717, 1.165) is 37.3 Å². The summed E-state index contributed by atoms with van der Waals surface area (Å²) in [5.41, 5.74) is 0.946. The lowest BCUT2D eigenvalue weighted by Gasteiger charge is -2.26. The molecule has 1 saturated heterocycles. The molecule has 1 aliphatic rings. The van der Waals surface area contributed by atoms with Gasteiger partial charge in [-0.15, -0.1) is 0 Å². The largest absolute Gasteiger partial charge is 0.484 e. The minimum absolute atomic E-state index is 0.00354. The first-order chi connectivity index (χ1) is 13.4. The van der Waals surface area contributed by atoms with Crippen LogP contribution < -0.4 is 10.1 Å². The number of nitrogens with zero attached hydrogens (tertiary/aromatic N) is 1. The van der Waals surface area contributed by atoms with Gasteiger partial charge in [-0.3, -0.25) is 9.69 Å². The summed E-state index contributed by atoms with van der Waals surface area (Å²) in [5, 5.41) is 2.73. The molecule has 2 aromatic rings. The van der Waals surface area contributed by atoms with E-state index in [1.807, 2.05) is 18.2 Å². The van der Waals surface area contributed by atoms with E-state index < -0.39 is 17.6 Å². The molecular formula is C21H23F3N2O2. The van der Waals surface area contributed by atoms with E-state index in [2.05, 4.69) is 10.2 Å². The molecule has 1 heterocycles. The smallest absolute Gasteiger partial charge is 0.416 e. The van der Waals surface area contributed by atoms with Crippen molar-refractivity contribution in [1.82, 2.24) is 4.90 Å². The van der Waals surface area contributed by atoms with Crippen molar-refractivity contribution >= 4 is 11.6 Å². The number of anilines is 1. The van der Waals surface area contributed by atoms with Crippen LogP contribution in [0.5, 0.6) is 5.75 Å². The highest BCUT2D eigenvalue weighted by Gasteiger charge is 2.30. The van der Waals surface area contributed by atoms with Gasteiger partial charge in [-0.2, -0.15) is 13.2 Å². The number of carbonyl (C=O) groups is 1. The highest BCUT2D eigenvalue weighted by Crippen LogP contribution is 2.31. The molecule has 0 unspecified atom stereocenters.